The number of carbonyl (C=O) groups excluding carboxylic acids is 1. The van der Waals surface area contributed by atoms with Gasteiger partial charge in [-0.3, -0.25) is 4.79 Å². The zero-order valence-corrected chi connectivity index (χ0v) is 19.0. The molecule has 9 heteroatoms. The van der Waals surface area contributed by atoms with Crippen molar-refractivity contribution < 1.29 is 19.0 Å². The second-order valence-electron chi connectivity index (χ2n) is 7.96. The molecule has 172 valence electrons. The summed E-state index contributed by atoms with van der Waals surface area (Å²) in [5.41, 5.74) is 4.61. The number of nitrogens with one attached hydrogen (secondary N) is 1. The van der Waals surface area contributed by atoms with E-state index in [1.54, 1.807) is 35.0 Å². The molecular formula is C25H23N5O4. The molecule has 0 saturated carbocycles. The van der Waals surface area contributed by atoms with Gasteiger partial charge in [-0.2, -0.15) is 5.10 Å². The predicted molar refractivity (Wildman–Crippen MR) is 125 cm³/mol. The summed E-state index contributed by atoms with van der Waals surface area (Å²) >= 11 is 0. The van der Waals surface area contributed by atoms with Gasteiger partial charge in [0.15, 0.2) is 17.3 Å². The smallest absolute Gasteiger partial charge is 0.231 e. The van der Waals surface area contributed by atoms with E-state index in [-0.39, 0.29) is 19.1 Å². The number of nitrogens with zero attached hydrogens (tertiary/aromatic N) is 4. The first-order chi connectivity index (χ1) is 16.5. The fraction of sp³-hybridized carbons (Fsp3) is 0.200. The Morgan fingerprint density at radius 2 is 1.82 bits per heavy atom. The van der Waals surface area contributed by atoms with Crippen LogP contribution in [0, 0.1) is 20.8 Å². The van der Waals surface area contributed by atoms with Crippen molar-refractivity contribution in [1.29, 1.82) is 0 Å². The molecule has 1 aliphatic heterocycles. The zero-order valence-electron chi connectivity index (χ0n) is 19.0. The van der Waals surface area contributed by atoms with E-state index in [1.807, 2.05) is 39.0 Å². The Kier molecular flexibility index (Phi) is 5.59. The van der Waals surface area contributed by atoms with E-state index in [0.29, 0.717) is 34.6 Å². The number of ether oxygens (including phenoxy) is 3. The van der Waals surface area contributed by atoms with Crippen molar-refractivity contribution in [2.24, 2.45) is 0 Å². The fourth-order valence-corrected chi connectivity index (χ4v) is 3.61. The lowest BCUT2D eigenvalue weighted by molar-refractivity contribution is -0.115. The largest absolute Gasteiger partial charge is 0.454 e. The minimum Gasteiger partial charge on any atom is -0.454 e. The van der Waals surface area contributed by atoms with Gasteiger partial charge in [0.05, 0.1) is 12.1 Å². The Morgan fingerprint density at radius 1 is 1.03 bits per heavy atom. The van der Waals surface area contributed by atoms with Crippen LogP contribution in [0.25, 0.3) is 5.82 Å². The number of hydrogen-bond acceptors (Lipinski definition) is 7. The van der Waals surface area contributed by atoms with Gasteiger partial charge >= 0.3 is 0 Å². The van der Waals surface area contributed by atoms with Gasteiger partial charge in [-0.05, 0) is 68.3 Å². The highest BCUT2D eigenvalue weighted by atomic mass is 16.7. The Morgan fingerprint density at radius 3 is 2.59 bits per heavy atom. The lowest BCUT2D eigenvalue weighted by Crippen LogP contribution is -2.14. The summed E-state index contributed by atoms with van der Waals surface area (Å²) in [6.45, 7) is 6.20. The molecule has 2 aromatic carbocycles. The SMILES string of the molecule is Cc1nn(-c2cc(Oc3ccc(NC(=O)Cc4ccc5c(c4)OCO5)cc3)ncn2)c(C)c1C. The summed E-state index contributed by atoms with van der Waals surface area (Å²) < 4.78 is 18.3. The summed E-state index contributed by atoms with van der Waals surface area (Å²) in [5, 5.41) is 7.42. The first kappa shape index (κ1) is 21.4. The number of anilines is 1. The third-order valence-corrected chi connectivity index (χ3v) is 5.66. The summed E-state index contributed by atoms with van der Waals surface area (Å²) in [5.74, 6) is 2.84. The van der Waals surface area contributed by atoms with E-state index in [2.05, 4.69) is 20.4 Å². The van der Waals surface area contributed by atoms with Gasteiger partial charge in [0.25, 0.3) is 0 Å². The molecule has 3 heterocycles. The monoisotopic (exact) mass is 457 g/mol. The predicted octanol–water partition coefficient (Wildman–Crippen LogP) is 4.29. The molecule has 5 rings (SSSR count). The van der Waals surface area contributed by atoms with E-state index in [9.17, 15) is 4.79 Å². The lowest BCUT2D eigenvalue weighted by Gasteiger charge is -2.09. The zero-order chi connectivity index (χ0) is 23.7. The van der Waals surface area contributed by atoms with Crippen molar-refractivity contribution >= 4 is 11.6 Å². The second kappa shape index (κ2) is 8.86. The fourth-order valence-electron chi connectivity index (χ4n) is 3.61. The van der Waals surface area contributed by atoms with E-state index in [1.165, 1.54) is 6.33 Å². The maximum absolute atomic E-state index is 12.4. The van der Waals surface area contributed by atoms with Gasteiger partial charge in [-0.15, -0.1) is 0 Å². The van der Waals surface area contributed by atoms with Gasteiger partial charge in [-0.25, -0.2) is 14.6 Å². The van der Waals surface area contributed by atoms with E-state index >= 15 is 0 Å². The van der Waals surface area contributed by atoms with Crippen LogP contribution in [0.2, 0.25) is 0 Å². The molecule has 1 amide bonds. The number of rotatable bonds is 6. The van der Waals surface area contributed by atoms with E-state index in [4.69, 9.17) is 14.2 Å². The van der Waals surface area contributed by atoms with Crippen LogP contribution in [0.15, 0.2) is 54.9 Å². The number of fused-ring (bicyclic) bond motifs is 1. The summed E-state index contributed by atoms with van der Waals surface area (Å²) in [6, 6.07) is 14.3. The molecule has 0 atom stereocenters. The number of hydrogen-bond donors (Lipinski definition) is 1. The highest BCUT2D eigenvalue weighted by Gasteiger charge is 2.15. The van der Waals surface area contributed by atoms with Crippen LogP contribution in [-0.2, 0) is 11.2 Å². The van der Waals surface area contributed by atoms with Crippen molar-refractivity contribution in [3.8, 4) is 28.9 Å². The highest BCUT2D eigenvalue weighted by Crippen LogP contribution is 2.32. The molecule has 0 spiro atoms. The van der Waals surface area contributed by atoms with Gasteiger partial charge in [0, 0.05) is 17.4 Å². The first-order valence-corrected chi connectivity index (χ1v) is 10.8. The van der Waals surface area contributed by atoms with Crippen LogP contribution in [0.1, 0.15) is 22.5 Å². The maximum atomic E-state index is 12.4. The maximum Gasteiger partial charge on any atom is 0.231 e. The molecule has 0 unspecified atom stereocenters. The molecule has 1 aliphatic rings. The van der Waals surface area contributed by atoms with Crippen molar-refractivity contribution in [2.45, 2.75) is 27.2 Å². The van der Waals surface area contributed by atoms with Crippen molar-refractivity contribution in [3.63, 3.8) is 0 Å². The van der Waals surface area contributed by atoms with Crippen LogP contribution in [0.3, 0.4) is 0 Å². The molecule has 2 aromatic heterocycles. The van der Waals surface area contributed by atoms with Crippen LogP contribution >= 0.6 is 0 Å². The second-order valence-corrected chi connectivity index (χ2v) is 7.96. The van der Waals surface area contributed by atoms with E-state index in [0.717, 1.165) is 22.5 Å². The van der Waals surface area contributed by atoms with Crippen molar-refractivity contribution in [3.05, 3.63) is 77.4 Å². The average molecular weight is 457 g/mol. The first-order valence-electron chi connectivity index (χ1n) is 10.8. The van der Waals surface area contributed by atoms with Crippen LogP contribution in [-0.4, -0.2) is 32.4 Å². The van der Waals surface area contributed by atoms with Crippen molar-refractivity contribution in [2.75, 3.05) is 12.1 Å². The molecule has 0 saturated heterocycles. The standard InChI is InChI=1S/C25H23N5O4/c1-15-16(2)29-30(17(15)3)23-12-25(27-13-26-23)34-20-7-5-19(6-8-20)28-24(31)11-18-4-9-21-22(10-18)33-14-32-21/h4-10,12-13H,11,14H2,1-3H3,(H,28,31). The quantitative estimate of drug-likeness (QED) is 0.461. The molecule has 0 radical (unpaired) electrons. The molecule has 4 aromatic rings. The molecule has 1 N–H and O–H groups in total. The minimum absolute atomic E-state index is 0.131. The third-order valence-electron chi connectivity index (χ3n) is 5.66. The van der Waals surface area contributed by atoms with Gasteiger partial charge in [0.1, 0.15) is 12.1 Å². The van der Waals surface area contributed by atoms with Crippen LogP contribution in [0.5, 0.6) is 23.1 Å². The van der Waals surface area contributed by atoms with Gasteiger partial charge in [0.2, 0.25) is 18.6 Å². The lowest BCUT2D eigenvalue weighted by atomic mass is 10.1. The van der Waals surface area contributed by atoms with Crippen LogP contribution < -0.4 is 19.5 Å². The number of aryl methyl sites for hydroxylation is 1. The normalized spacial score (nSPS) is 12.0. The Balaban J connectivity index is 1.22. The Bertz CT molecular complexity index is 1360. The van der Waals surface area contributed by atoms with Gasteiger partial charge < -0.3 is 19.5 Å². The molecular weight excluding hydrogens is 434 g/mol. The Labute approximate surface area is 196 Å². The summed E-state index contributed by atoms with van der Waals surface area (Å²) in [6.07, 6.45) is 1.67. The van der Waals surface area contributed by atoms with E-state index < -0.39 is 0 Å². The molecule has 9 nitrogen and oxygen atoms in total. The van der Waals surface area contributed by atoms with Gasteiger partial charge in [-0.1, -0.05) is 6.07 Å². The molecule has 0 aliphatic carbocycles. The average Bonchev–Trinajstić information content (AvgIpc) is 3.40. The number of amides is 1. The molecule has 0 bridgehead atoms. The highest BCUT2D eigenvalue weighted by molar-refractivity contribution is 5.92. The summed E-state index contributed by atoms with van der Waals surface area (Å²) in [7, 11) is 0. The number of aromatic nitrogens is 4. The number of benzene rings is 2. The Hall–Kier alpha value is -4.40. The third kappa shape index (κ3) is 4.40. The topological polar surface area (TPSA) is 100 Å². The summed E-state index contributed by atoms with van der Waals surface area (Å²) in [4.78, 5) is 21.0. The van der Waals surface area contributed by atoms with Crippen LogP contribution in [0.4, 0.5) is 5.69 Å². The molecule has 0 fully saturated rings. The molecule has 34 heavy (non-hydrogen) atoms. The van der Waals surface area contributed by atoms with Crippen molar-refractivity contribution in [1.82, 2.24) is 19.7 Å². The minimum atomic E-state index is -0.131. The number of carbonyl (C=O) groups is 1.